The molecule has 0 aliphatic carbocycles. The zero-order chi connectivity index (χ0) is 19.1. The van der Waals surface area contributed by atoms with Crippen molar-refractivity contribution in [3.05, 3.63) is 48.0 Å². The van der Waals surface area contributed by atoms with E-state index in [0.29, 0.717) is 0 Å². The summed E-state index contributed by atoms with van der Waals surface area (Å²) in [6.07, 6.45) is 0.0688. The van der Waals surface area contributed by atoms with Gasteiger partial charge in [-0.25, -0.2) is 0 Å². The molecule has 0 saturated heterocycles. The van der Waals surface area contributed by atoms with Crippen LogP contribution in [0.15, 0.2) is 42.5 Å². The fourth-order valence-corrected chi connectivity index (χ4v) is 2.84. The first-order chi connectivity index (χ1) is 12.4. The number of hydrogen-bond acceptors (Lipinski definition) is 3. The fraction of sp³-hybridized carbons (Fsp3) is 0.350. The van der Waals surface area contributed by atoms with Gasteiger partial charge in [-0.2, -0.15) is 0 Å². The summed E-state index contributed by atoms with van der Waals surface area (Å²) < 4.78 is 0. The number of benzene rings is 2. The summed E-state index contributed by atoms with van der Waals surface area (Å²) >= 11 is 0. The molecule has 0 aliphatic rings. The summed E-state index contributed by atoms with van der Waals surface area (Å²) in [6, 6.07) is 13.5. The van der Waals surface area contributed by atoms with Crippen LogP contribution >= 0.6 is 0 Å². The second-order valence-electron chi connectivity index (χ2n) is 6.42. The molecule has 0 unspecified atom stereocenters. The molecule has 6 nitrogen and oxygen atoms in total. The topological polar surface area (TPSA) is 86.7 Å². The van der Waals surface area contributed by atoms with Gasteiger partial charge in [0.15, 0.2) is 0 Å². The average molecular weight is 356 g/mol. The minimum absolute atomic E-state index is 0.117. The smallest absolute Gasteiger partial charge is 0.305 e. The number of amides is 2. The first kappa shape index (κ1) is 19.4. The second kappa shape index (κ2) is 8.99. The van der Waals surface area contributed by atoms with Crippen LogP contribution in [0.2, 0.25) is 0 Å². The van der Waals surface area contributed by atoms with Crippen LogP contribution in [-0.4, -0.2) is 46.9 Å². The summed E-state index contributed by atoms with van der Waals surface area (Å²) in [5.74, 6) is -1.48. The number of rotatable bonds is 8. The number of nitrogens with zero attached hydrogens (tertiary/aromatic N) is 1. The number of carboxylic acid groups (broad SMARTS) is 1. The lowest BCUT2D eigenvalue weighted by molar-refractivity contribution is -0.139. The Balaban J connectivity index is 1.94. The Labute approximate surface area is 152 Å². The van der Waals surface area contributed by atoms with Crippen molar-refractivity contribution < 1.29 is 19.5 Å². The number of fused-ring (bicyclic) bond motifs is 1. The molecule has 2 aromatic rings. The highest BCUT2D eigenvalue weighted by Gasteiger charge is 2.18. The van der Waals surface area contributed by atoms with E-state index in [-0.39, 0.29) is 43.8 Å². The molecule has 0 heterocycles. The Morgan fingerprint density at radius 3 is 2.46 bits per heavy atom. The number of aliphatic carboxylic acids is 1. The number of carboxylic acids is 1. The molecular weight excluding hydrogens is 332 g/mol. The molecule has 138 valence electrons. The highest BCUT2D eigenvalue weighted by atomic mass is 16.4. The zero-order valence-corrected chi connectivity index (χ0v) is 15.1. The van der Waals surface area contributed by atoms with Crippen molar-refractivity contribution in [3.63, 3.8) is 0 Å². The first-order valence-corrected chi connectivity index (χ1v) is 8.63. The molecule has 2 aromatic carbocycles. The molecule has 0 fully saturated rings. The van der Waals surface area contributed by atoms with Crippen molar-refractivity contribution in [1.82, 2.24) is 10.2 Å². The third kappa shape index (κ3) is 5.31. The monoisotopic (exact) mass is 356 g/mol. The van der Waals surface area contributed by atoms with Crippen LogP contribution in [0.1, 0.15) is 25.8 Å². The average Bonchev–Trinajstić information content (AvgIpc) is 2.60. The predicted octanol–water partition coefficient (Wildman–Crippen LogP) is 2.21. The molecule has 0 bridgehead atoms. The molecule has 2 amide bonds. The number of carbonyl (C=O) groups is 3. The van der Waals surface area contributed by atoms with Gasteiger partial charge in [-0.1, -0.05) is 42.5 Å². The van der Waals surface area contributed by atoms with Gasteiger partial charge in [-0.15, -0.1) is 0 Å². The van der Waals surface area contributed by atoms with Crippen molar-refractivity contribution in [3.8, 4) is 0 Å². The van der Waals surface area contributed by atoms with E-state index < -0.39 is 5.97 Å². The van der Waals surface area contributed by atoms with Gasteiger partial charge in [0.2, 0.25) is 11.8 Å². The largest absolute Gasteiger partial charge is 0.481 e. The molecule has 0 saturated carbocycles. The van der Waals surface area contributed by atoms with Crippen LogP contribution in [0.4, 0.5) is 0 Å². The van der Waals surface area contributed by atoms with Gasteiger partial charge in [0, 0.05) is 12.6 Å². The Hall–Kier alpha value is -2.89. The summed E-state index contributed by atoms with van der Waals surface area (Å²) in [5.41, 5.74) is 0.902. The number of hydrogen-bond donors (Lipinski definition) is 2. The van der Waals surface area contributed by atoms with Crippen LogP contribution in [0.5, 0.6) is 0 Å². The molecule has 0 spiro atoms. The third-order valence-electron chi connectivity index (χ3n) is 4.18. The standard InChI is InChI=1S/C20H24N2O4/c1-14(2)22(11-10-20(25)26)19(24)13-21-18(23)12-16-8-5-7-15-6-3-4-9-17(15)16/h3-9,14H,10-13H2,1-2H3,(H,21,23)(H,25,26). The summed E-state index contributed by atoms with van der Waals surface area (Å²) in [7, 11) is 0. The minimum atomic E-state index is -0.955. The highest BCUT2D eigenvalue weighted by Crippen LogP contribution is 2.18. The molecule has 0 aromatic heterocycles. The predicted molar refractivity (Wildman–Crippen MR) is 99.8 cm³/mol. The lowest BCUT2D eigenvalue weighted by atomic mass is 10.0. The maximum atomic E-state index is 12.3. The van der Waals surface area contributed by atoms with Crippen LogP contribution in [0.25, 0.3) is 10.8 Å². The van der Waals surface area contributed by atoms with Gasteiger partial charge < -0.3 is 15.3 Å². The highest BCUT2D eigenvalue weighted by molar-refractivity contribution is 5.91. The molecule has 6 heteroatoms. The van der Waals surface area contributed by atoms with E-state index in [1.807, 2.05) is 56.3 Å². The Morgan fingerprint density at radius 1 is 1.08 bits per heavy atom. The lowest BCUT2D eigenvalue weighted by Crippen LogP contribution is -2.44. The van der Waals surface area contributed by atoms with Crippen molar-refractivity contribution in [2.75, 3.05) is 13.1 Å². The molecular formula is C20H24N2O4. The van der Waals surface area contributed by atoms with E-state index >= 15 is 0 Å². The van der Waals surface area contributed by atoms with Crippen molar-refractivity contribution in [1.29, 1.82) is 0 Å². The van der Waals surface area contributed by atoms with Gasteiger partial charge in [-0.3, -0.25) is 14.4 Å². The van der Waals surface area contributed by atoms with Gasteiger partial charge >= 0.3 is 5.97 Å². The first-order valence-electron chi connectivity index (χ1n) is 8.63. The Bertz CT molecular complexity index is 796. The van der Waals surface area contributed by atoms with E-state index in [4.69, 9.17) is 5.11 Å². The minimum Gasteiger partial charge on any atom is -0.481 e. The van der Waals surface area contributed by atoms with Crippen molar-refractivity contribution >= 4 is 28.6 Å². The quantitative estimate of drug-likeness (QED) is 0.759. The maximum Gasteiger partial charge on any atom is 0.305 e. The molecule has 0 atom stereocenters. The second-order valence-corrected chi connectivity index (χ2v) is 6.42. The van der Waals surface area contributed by atoms with E-state index in [1.54, 1.807) is 0 Å². The van der Waals surface area contributed by atoms with Gasteiger partial charge in [-0.05, 0) is 30.2 Å². The van der Waals surface area contributed by atoms with Crippen LogP contribution in [0, 0.1) is 0 Å². The molecule has 2 rings (SSSR count). The normalized spacial score (nSPS) is 10.7. The van der Waals surface area contributed by atoms with Gasteiger partial charge in [0.05, 0.1) is 19.4 Å². The summed E-state index contributed by atoms with van der Waals surface area (Å²) in [6.45, 7) is 3.63. The third-order valence-corrected chi connectivity index (χ3v) is 4.18. The van der Waals surface area contributed by atoms with Gasteiger partial charge in [0.25, 0.3) is 0 Å². The molecule has 2 N–H and O–H groups in total. The maximum absolute atomic E-state index is 12.3. The van der Waals surface area contributed by atoms with E-state index in [1.165, 1.54) is 4.90 Å². The van der Waals surface area contributed by atoms with Crippen molar-refractivity contribution in [2.24, 2.45) is 0 Å². The van der Waals surface area contributed by atoms with Crippen molar-refractivity contribution in [2.45, 2.75) is 32.7 Å². The van der Waals surface area contributed by atoms with Crippen LogP contribution in [0.3, 0.4) is 0 Å². The molecule has 26 heavy (non-hydrogen) atoms. The lowest BCUT2D eigenvalue weighted by Gasteiger charge is -2.26. The molecule has 0 radical (unpaired) electrons. The molecule has 0 aliphatic heterocycles. The summed E-state index contributed by atoms with van der Waals surface area (Å²) in [5, 5.41) is 13.5. The van der Waals surface area contributed by atoms with Crippen LogP contribution < -0.4 is 5.32 Å². The summed E-state index contributed by atoms with van der Waals surface area (Å²) in [4.78, 5) is 36.7. The Morgan fingerprint density at radius 2 is 1.77 bits per heavy atom. The SMILES string of the molecule is CC(C)N(CCC(=O)O)C(=O)CNC(=O)Cc1cccc2ccccc12. The number of carbonyl (C=O) groups excluding carboxylic acids is 2. The zero-order valence-electron chi connectivity index (χ0n) is 15.1. The fourth-order valence-electron chi connectivity index (χ4n) is 2.84. The van der Waals surface area contributed by atoms with E-state index in [0.717, 1.165) is 16.3 Å². The number of nitrogens with one attached hydrogen (secondary N) is 1. The van der Waals surface area contributed by atoms with Crippen LogP contribution in [-0.2, 0) is 20.8 Å². The van der Waals surface area contributed by atoms with E-state index in [9.17, 15) is 14.4 Å². The van der Waals surface area contributed by atoms with Gasteiger partial charge in [0.1, 0.15) is 0 Å². The Kier molecular flexibility index (Phi) is 6.72. The van der Waals surface area contributed by atoms with E-state index in [2.05, 4.69) is 5.32 Å².